The monoisotopic (exact) mass is 396 g/mol. The molecule has 0 radical (unpaired) electrons. The molecule has 2 aromatic rings. The predicted molar refractivity (Wildman–Crippen MR) is 112 cm³/mol. The summed E-state index contributed by atoms with van der Waals surface area (Å²) in [6, 6.07) is 10.8. The van der Waals surface area contributed by atoms with Crippen molar-refractivity contribution in [2.75, 3.05) is 13.1 Å². The van der Waals surface area contributed by atoms with Crippen LogP contribution in [0.15, 0.2) is 35.7 Å². The summed E-state index contributed by atoms with van der Waals surface area (Å²) in [5.41, 5.74) is 3.60. The zero-order valence-corrected chi connectivity index (χ0v) is 17.7. The first-order valence-corrected chi connectivity index (χ1v) is 11.1. The molecule has 1 aromatic heterocycles. The van der Waals surface area contributed by atoms with Crippen molar-refractivity contribution in [2.45, 2.75) is 52.1 Å². The number of thiophene rings is 1. The Morgan fingerprint density at radius 3 is 2.54 bits per heavy atom. The second-order valence-corrected chi connectivity index (χ2v) is 9.30. The molecule has 1 aromatic carbocycles. The molecular weight excluding hydrogens is 368 g/mol. The van der Waals surface area contributed by atoms with E-state index in [0.29, 0.717) is 6.54 Å². The minimum atomic E-state index is -0.0777. The van der Waals surface area contributed by atoms with Gasteiger partial charge in [-0.15, -0.1) is 11.3 Å². The van der Waals surface area contributed by atoms with Crippen LogP contribution in [0.2, 0.25) is 0 Å². The first-order valence-electron chi connectivity index (χ1n) is 10.2. The Labute approximate surface area is 171 Å². The van der Waals surface area contributed by atoms with E-state index in [1.807, 2.05) is 23.6 Å². The number of fused-ring (bicyclic) bond motifs is 1. The zero-order chi connectivity index (χ0) is 19.8. The summed E-state index contributed by atoms with van der Waals surface area (Å²) in [7, 11) is 0. The molecule has 1 unspecified atom stereocenters. The van der Waals surface area contributed by atoms with Gasteiger partial charge in [0.25, 0.3) is 0 Å². The number of benzene rings is 1. The van der Waals surface area contributed by atoms with E-state index in [1.54, 1.807) is 11.3 Å². The third-order valence-corrected chi connectivity index (χ3v) is 6.75. The molecular formula is C23H28N2O2S. The van der Waals surface area contributed by atoms with E-state index < -0.39 is 0 Å². The number of aryl methyl sites for hydroxylation is 1. The Bertz CT molecular complexity index is 867. The summed E-state index contributed by atoms with van der Waals surface area (Å²) in [4.78, 5) is 31.2. The summed E-state index contributed by atoms with van der Waals surface area (Å²) in [5, 5.41) is 2.12. The van der Waals surface area contributed by atoms with Crippen molar-refractivity contribution < 1.29 is 9.59 Å². The number of amides is 2. The van der Waals surface area contributed by atoms with E-state index in [1.165, 1.54) is 16.0 Å². The third-order valence-electron chi connectivity index (χ3n) is 5.75. The maximum Gasteiger partial charge on any atom is 0.243 e. The van der Waals surface area contributed by atoms with Gasteiger partial charge in [0, 0.05) is 23.4 Å². The number of carbonyl (C=O) groups excluding carboxylic acids is 2. The number of hydrogen-bond donors (Lipinski definition) is 0. The van der Waals surface area contributed by atoms with Gasteiger partial charge in [0.15, 0.2) is 0 Å². The molecule has 0 N–H and O–H groups in total. The van der Waals surface area contributed by atoms with Crippen LogP contribution in [0.5, 0.6) is 0 Å². The number of nitrogens with zero attached hydrogens (tertiary/aromatic N) is 2. The number of hydrogen-bond acceptors (Lipinski definition) is 3. The van der Waals surface area contributed by atoms with Crippen LogP contribution in [0.3, 0.4) is 0 Å². The molecule has 2 amide bonds. The van der Waals surface area contributed by atoms with Crippen LogP contribution in [0.1, 0.15) is 54.3 Å². The summed E-state index contributed by atoms with van der Waals surface area (Å²) in [6.45, 7) is 6.81. The molecule has 1 saturated carbocycles. The fourth-order valence-electron chi connectivity index (χ4n) is 4.03. The normalized spacial score (nSPS) is 18.9. The standard InChI is InChI=1S/C23H28N2O2S/c1-15(2)23(27)25(18-8-9-18)14-21(26)24-12-10-20-19(11-13-28-20)22(24)17-6-4-16(3)5-7-17/h4-7,11,13,15,18,22H,8-10,12,14H2,1-3H3. The average molecular weight is 397 g/mol. The van der Waals surface area contributed by atoms with Gasteiger partial charge in [0.2, 0.25) is 11.8 Å². The second-order valence-electron chi connectivity index (χ2n) is 8.30. The predicted octanol–water partition coefficient (Wildman–Crippen LogP) is 4.18. The van der Waals surface area contributed by atoms with Crippen molar-refractivity contribution in [1.82, 2.24) is 9.80 Å². The van der Waals surface area contributed by atoms with Crippen LogP contribution >= 0.6 is 11.3 Å². The van der Waals surface area contributed by atoms with Gasteiger partial charge in [-0.1, -0.05) is 43.7 Å². The summed E-state index contributed by atoms with van der Waals surface area (Å²) in [6.07, 6.45) is 2.92. The lowest BCUT2D eigenvalue weighted by atomic mass is 9.92. The molecule has 0 saturated heterocycles. The van der Waals surface area contributed by atoms with E-state index >= 15 is 0 Å². The molecule has 1 aliphatic carbocycles. The molecule has 2 heterocycles. The summed E-state index contributed by atoms with van der Waals surface area (Å²) in [5.74, 6) is 0.0745. The van der Waals surface area contributed by atoms with Gasteiger partial charge in [0.1, 0.15) is 6.54 Å². The highest BCUT2D eigenvalue weighted by atomic mass is 32.1. The zero-order valence-electron chi connectivity index (χ0n) is 16.9. The fourth-order valence-corrected chi connectivity index (χ4v) is 4.94. The Morgan fingerprint density at radius 1 is 1.18 bits per heavy atom. The van der Waals surface area contributed by atoms with Gasteiger partial charge in [-0.2, -0.15) is 0 Å². The molecule has 1 atom stereocenters. The minimum absolute atomic E-state index is 0.0571. The van der Waals surface area contributed by atoms with Gasteiger partial charge < -0.3 is 9.80 Å². The summed E-state index contributed by atoms with van der Waals surface area (Å²) < 4.78 is 0. The van der Waals surface area contributed by atoms with E-state index in [0.717, 1.165) is 24.8 Å². The average Bonchev–Trinajstić information content (AvgIpc) is 3.41. The molecule has 148 valence electrons. The largest absolute Gasteiger partial charge is 0.330 e. The van der Waals surface area contributed by atoms with Crippen LogP contribution in [0.4, 0.5) is 0 Å². The second kappa shape index (κ2) is 7.70. The van der Waals surface area contributed by atoms with Gasteiger partial charge >= 0.3 is 0 Å². The van der Waals surface area contributed by atoms with E-state index in [9.17, 15) is 9.59 Å². The lowest BCUT2D eigenvalue weighted by Crippen LogP contribution is -2.48. The summed E-state index contributed by atoms with van der Waals surface area (Å²) >= 11 is 1.78. The molecule has 4 rings (SSSR count). The Hall–Kier alpha value is -2.14. The van der Waals surface area contributed by atoms with Crippen molar-refractivity contribution in [3.05, 3.63) is 57.3 Å². The molecule has 0 bridgehead atoms. The van der Waals surface area contributed by atoms with Crippen molar-refractivity contribution in [2.24, 2.45) is 5.92 Å². The van der Waals surface area contributed by atoms with Crippen molar-refractivity contribution in [3.8, 4) is 0 Å². The Kier molecular flexibility index (Phi) is 5.28. The molecule has 28 heavy (non-hydrogen) atoms. The maximum absolute atomic E-state index is 13.4. The maximum atomic E-state index is 13.4. The molecule has 1 aliphatic heterocycles. The molecule has 1 fully saturated rings. The van der Waals surface area contributed by atoms with Crippen LogP contribution in [0.25, 0.3) is 0 Å². The van der Waals surface area contributed by atoms with Gasteiger partial charge in [-0.25, -0.2) is 0 Å². The first-order chi connectivity index (χ1) is 13.5. The van der Waals surface area contributed by atoms with Gasteiger partial charge in [-0.3, -0.25) is 9.59 Å². The molecule has 0 spiro atoms. The van der Waals surface area contributed by atoms with Crippen molar-refractivity contribution >= 4 is 23.2 Å². The lowest BCUT2D eigenvalue weighted by Gasteiger charge is -2.38. The highest BCUT2D eigenvalue weighted by Gasteiger charge is 2.38. The Balaban J connectivity index is 1.62. The topological polar surface area (TPSA) is 40.6 Å². The minimum Gasteiger partial charge on any atom is -0.330 e. The number of carbonyl (C=O) groups is 2. The fraction of sp³-hybridized carbons (Fsp3) is 0.478. The van der Waals surface area contributed by atoms with E-state index in [-0.39, 0.29) is 36.4 Å². The smallest absolute Gasteiger partial charge is 0.243 e. The first kappa shape index (κ1) is 19.2. The molecule has 2 aliphatic rings. The van der Waals surface area contributed by atoms with Gasteiger partial charge in [0.05, 0.1) is 6.04 Å². The highest BCUT2D eigenvalue weighted by molar-refractivity contribution is 7.10. The quantitative estimate of drug-likeness (QED) is 0.761. The molecule has 4 nitrogen and oxygen atoms in total. The van der Waals surface area contributed by atoms with Crippen LogP contribution in [0, 0.1) is 12.8 Å². The lowest BCUT2D eigenvalue weighted by molar-refractivity contribution is -0.144. The third kappa shape index (κ3) is 3.72. The van der Waals surface area contributed by atoms with Crippen LogP contribution < -0.4 is 0 Å². The highest BCUT2D eigenvalue weighted by Crippen LogP contribution is 2.38. The van der Waals surface area contributed by atoms with Crippen molar-refractivity contribution in [3.63, 3.8) is 0 Å². The SMILES string of the molecule is Cc1ccc(C2c3ccsc3CCN2C(=O)CN(C(=O)C(C)C)C2CC2)cc1. The van der Waals surface area contributed by atoms with E-state index in [4.69, 9.17) is 0 Å². The van der Waals surface area contributed by atoms with Crippen molar-refractivity contribution in [1.29, 1.82) is 0 Å². The Morgan fingerprint density at radius 2 is 1.89 bits per heavy atom. The van der Waals surface area contributed by atoms with Gasteiger partial charge in [-0.05, 0) is 48.8 Å². The number of rotatable bonds is 5. The van der Waals surface area contributed by atoms with Crippen LogP contribution in [-0.2, 0) is 16.0 Å². The van der Waals surface area contributed by atoms with Crippen LogP contribution in [-0.4, -0.2) is 40.7 Å². The molecule has 5 heteroatoms. The van der Waals surface area contributed by atoms with E-state index in [2.05, 4.69) is 42.6 Å².